The molecule has 6 nitrogen and oxygen atoms in total. The van der Waals surface area contributed by atoms with Gasteiger partial charge in [-0.15, -0.1) is 0 Å². The van der Waals surface area contributed by atoms with Gasteiger partial charge in [-0.05, 0) is 49.3 Å². The number of allylic oxidation sites excluding steroid dienone is 3. The molecule has 0 spiro atoms. The number of rotatable bonds is 5. The van der Waals surface area contributed by atoms with Crippen LogP contribution in [0.3, 0.4) is 0 Å². The minimum absolute atomic E-state index is 0.248. The second-order valence-corrected chi connectivity index (χ2v) is 5.86. The highest BCUT2D eigenvalue weighted by Gasteiger charge is 2.14. The SMILES string of the molecule is C/C=C(\C=C(/C)C(=O)Nc1cc(C(=O)OC)n(C)c1)c1ccc(N)cc1.CC. The second kappa shape index (κ2) is 10.8. The zero-order valence-electron chi connectivity index (χ0n) is 17.4. The van der Waals surface area contributed by atoms with Crippen molar-refractivity contribution in [1.82, 2.24) is 4.57 Å². The van der Waals surface area contributed by atoms with E-state index in [1.54, 1.807) is 30.8 Å². The number of nitrogen functional groups attached to an aromatic ring is 1. The van der Waals surface area contributed by atoms with Crippen molar-refractivity contribution in [1.29, 1.82) is 0 Å². The van der Waals surface area contributed by atoms with Crippen molar-refractivity contribution in [3.8, 4) is 0 Å². The molecule has 6 heteroatoms. The maximum Gasteiger partial charge on any atom is 0.354 e. The lowest BCUT2D eigenvalue weighted by atomic mass is 10.0. The first kappa shape index (κ1) is 22.8. The number of amides is 1. The lowest BCUT2D eigenvalue weighted by Crippen LogP contribution is -2.12. The molecule has 0 saturated heterocycles. The summed E-state index contributed by atoms with van der Waals surface area (Å²) in [7, 11) is 3.03. The van der Waals surface area contributed by atoms with E-state index < -0.39 is 5.97 Å². The third kappa shape index (κ3) is 5.87. The van der Waals surface area contributed by atoms with Gasteiger partial charge in [-0.2, -0.15) is 0 Å². The summed E-state index contributed by atoms with van der Waals surface area (Å²) < 4.78 is 6.31. The van der Waals surface area contributed by atoms with Crippen LogP contribution in [0.1, 0.15) is 43.7 Å². The zero-order valence-corrected chi connectivity index (χ0v) is 17.4. The highest BCUT2D eigenvalue weighted by Crippen LogP contribution is 2.20. The first-order valence-corrected chi connectivity index (χ1v) is 9.12. The van der Waals surface area contributed by atoms with E-state index in [4.69, 9.17) is 10.5 Å². The maximum atomic E-state index is 12.5. The summed E-state index contributed by atoms with van der Waals surface area (Å²) in [6.45, 7) is 7.65. The molecular formula is C22H29N3O3. The number of ether oxygens (including phenoxy) is 1. The van der Waals surface area contributed by atoms with Crippen molar-refractivity contribution in [2.24, 2.45) is 7.05 Å². The van der Waals surface area contributed by atoms with Crippen LogP contribution in [0.2, 0.25) is 0 Å². The number of nitrogens with zero attached hydrogens (tertiary/aromatic N) is 1. The average molecular weight is 383 g/mol. The Hall–Kier alpha value is -3.28. The summed E-state index contributed by atoms with van der Waals surface area (Å²) in [4.78, 5) is 24.1. The Morgan fingerprint density at radius 3 is 2.32 bits per heavy atom. The molecule has 0 bridgehead atoms. The molecule has 0 saturated carbocycles. The number of carbonyl (C=O) groups is 2. The first-order chi connectivity index (χ1) is 13.3. The summed E-state index contributed by atoms with van der Waals surface area (Å²) in [6, 6.07) is 9.03. The van der Waals surface area contributed by atoms with E-state index in [2.05, 4.69) is 5.32 Å². The third-order valence-corrected chi connectivity index (χ3v) is 3.94. The van der Waals surface area contributed by atoms with Gasteiger partial charge >= 0.3 is 5.97 Å². The van der Waals surface area contributed by atoms with Crippen LogP contribution in [-0.2, 0) is 16.6 Å². The normalized spacial score (nSPS) is 11.4. The van der Waals surface area contributed by atoms with Crippen molar-refractivity contribution < 1.29 is 14.3 Å². The number of hydrogen-bond donors (Lipinski definition) is 2. The number of nitrogens with one attached hydrogen (secondary N) is 1. The molecule has 2 rings (SSSR count). The number of aryl methyl sites for hydroxylation is 1. The summed E-state index contributed by atoms with van der Waals surface area (Å²) in [6.07, 6.45) is 5.40. The molecule has 0 unspecified atom stereocenters. The van der Waals surface area contributed by atoms with Crippen LogP contribution in [0.4, 0.5) is 11.4 Å². The second-order valence-electron chi connectivity index (χ2n) is 5.86. The molecule has 0 atom stereocenters. The van der Waals surface area contributed by atoms with Crippen LogP contribution in [0.5, 0.6) is 0 Å². The molecule has 1 aromatic heterocycles. The highest BCUT2D eigenvalue weighted by atomic mass is 16.5. The summed E-state index contributed by atoms with van der Waals surface area (Å²) >= 11 is 0. The Balaban J connectivity index is 0.00000190. The molecule has 3 N–H and O–H groups in total. The fourth-order valence-corrected chi connectivity index (χ4v) is 2.48. The number of esters is 1. The molecule has 0 aliphatic carbocycles. The number of benzene rings is 1. The molecular weight excluding hydrogens is 354 g/mol. The van der Waals surface area contributed by atoms with Gasteiger partial charge in [-0.3, -0.25) is 4.79 Å². The number of hydrogen-bond acceptors (Lipinski definition) is 4. The van der Waals surface area contributed by atoms with E-state index >= 15 is 0 Å². The number of carbonyl (C=O) groups excluding carboxylic acids is 2. The first-order valence-electron chi connectivity index (χ1n) is 9.12. The van der Waals surface area contributed by atoms with Crippen molar-refractivity contribution >= 4 is 28.8 Å². The van der Waals surface area contributed by atoms with E-state index in [9.17, 15) is 9.59 Å². The fourth-order valence-electron chi connectivity index (χ4n) is 2.48. The van der Waals surface area contributed by atoms with E-state index in [0.29, 0.717) is 22.6 Å². The van der Waals surface area contributed by atoms with E-state index in [1.165, 1.54) is 7.11 Å². The Labute approximate surface area is 166 Å². The Morgan fingerprint density at radius 2 is 1.79 bits per heavy atom. The predicted molar refractivity (Wildman–Crippen MR) is 115 cm³/mol. The minimum Gasteiger partial charge on any atom is -0.464 e. The largest absolute Gasteiger partial charge is 0.464 e. The quantitative estimate of drug-likeness (QED) is 0.347. The monoisotopic (exact) mass is 383 g/mol. The minimum atomic E-state index is -0.459. The molecule has 0 radical (unpaired) electrons. The van der Waals surface area contributed by atoms with Crippen molar-refractivity contribution in [2.75, 3.05) is 18.2 Å². The van der Waals surface area contributed by atoms with Crippen LogP contribution in [0, 0.1) is 0 Å². The Morgan fingerprint density at radius 1 is 1.18 bits per heavy atom. The number of nitrogens with two attached hydrogens (primary N) is 1. The lowest BCUT2D eigenvalue weighted by molar-refractivity contribution is -0.112. The van der Waals surface area contributed by atoms with Crippen LogP contribution >= 0.6 is 0 Å². The molecule has 0 fully saturated rings. The predicted octanol–water partition coefficient (Wildman–Crippen LogP) is 4.41. The van der Waals surface area contributed by atoms with Crippen LogP contribution in [0.25, 0.3) is 5.57 Å². The van der Waals surface area contributed by atoms with E-state index in [1.807, 2.05) is 57.2 Å². The van der Waals surface area contributed by atoms with Crippen molar-refractivity contribution in [3.05, 3.63) is 65.5 Å². The van der Waals surface area contributed by atoms with E-state index in [-0.39, 0.29) is 5.91 Å². The third-order valence-electron chi connectivity index (χ3n) is 3.94. The van der Waals surface area contributed by atoms with Crippen molar-refractivity contribution in [3.63, 3.8) is 0 Å². The molecule has 0 aliphatic heterocycles. The topological polar surface area (TPSA) is 86.4 Å². The maximum absolute atomic E-state index is 12.5. The average Bonchev–Trinajstić information content (AvgIpc) is 3.07. The molecule has 1 aromatic carbocycles. The standard InChI is InChI=1S/C20H23N3O3.C2H6/c1-5-14(15-6-8-16(21)9-7-15)10-13(2)19(24)22-17-11-18(20(25)26-4)23(3)12-17;1-2/h5-12H,21H2,1-4H3,(H,22,24);1-2H3/b13-10+,14-5+;. The molecule has 0 aliphatic rings. The number of methoxy groups -OCH3 is 1. The molecule has 150 valence electrons. The van der Waals surface area contributed by atoms with Crippen LogP contribution in [0.15, 0.2) is 54.3 Å². The van der Waals surface area contributed by atoms with Crippen LogP contribution in [-0.4, -0.2) is 23.6 Å². The van der Waals surface area contributed by atoms with Crippen molar-refractivity contribution in [2.45, 2.75) is 27.7 Å². The van der Waals surface area contributed by atoms with Gasteiger partial charge in [0.05, 0.1) is 12.8 Å². The van der Waals surface area contributed by atoms with Gasteiger partial charge in [-0.25, -0.2) is 4.79 Å². The smallest absolute Gasteiger partial charge is 0.354 e. The highest BCUT2D eigenvalue weighted by molar-refractivity contribution is 6.05. The zero-order chi connectivity index (χ0) is 21.3. The number of aromatic nitrogens is 1. The Bertz CT molecular complexity index is 875. The van der Waals surface area contributed by atoms with E-state index in [0.717, 1.165) is 11.1 Å². The van der Waals surface area contributed by atoms with Gasteiger partial charge in [0.25, 0.3) is 5.91 Å². The van der Waals surface area contributed by atoms with Gasteiger partial charge in [0, 0.05) is 24.5 Å². The van der Waals surface area contributed by atoms with Gasteiger partial charge in [0.15, 0.2) is 0 Å². The summed E-state index contributed by atoms with van der Waals surface area (Å²) in [5.74, 6) is -0.707. The van der Waals surface area contributed by atoms with Gasteiger partial charge in [-0.1, -0.05) is 32.1 Å². The van der Waals surface area contributed by atoms with Crippen LogP contribution < -0.4 is 11.1 Å². The number of anilines is 2. The molecule has 2 aromatic rings. The summed E-state index contributed by atoms with van der Waals surface area (Å²) in [5, 5.41) is 2.79. The lowest BCUT2D eigenvalue weighted by Gasteiger charge is -2.06. The van der Waals surface area contributed by atoms with Gasteiger partial charge in [0.2, 0.25) is 0 Å². The Kier molecular flexibility index (Phi) is 8.75. The molecule has 1 amide bonds. The molecule has 1 heterocycles. The van der Waals surface area contributed by atoms with Gasteiger partial charge < -0.3 is 20.4 Å². The summed E-state index contributed by atoms with van der Waals surface area (Å²) in [5.41, 5.74) is 9.72. The fraction of sp³-hybridized carbons (Fsp3) is 0.273. The van der Waals surface area contributed by atoms with Gasteiger partial charge in [0.1, 0.15) is 5.69 Å². The molecule has 28 heavy (non-hydrogen) atoms.